The molecule has 0 aliphatic heterocycles. The Morgan fingerprint density at radius 2 is 2.12 bits per heavy atom. The van der Waals surface area contributed by atoms with E-state index in [4.69, 9.17) is 5.73 Å². The van der Waals surface area contributed by atoms with Crippen LogP contribution in [0, 0.1) is 5.82 Å². The van der Waals surface area contributed by atoms with Crippen molar-refractivity contribution >= 4 is 11.8 Å². The molecule has 92 valence electrons. The van der Waals surface area contributed by atoms with Crippen molar-refractivity contribution in [1.82, 2.24) is 0 Å². The van der Waals surface area contributed by atoms with Gasteiger partial charge in [0.25, 0.3) is 0 Å². The first-order chi connectivity index (χ1) is 8.27. The minimum atomic E-state index is -0.151. The van der Waals surface area contributed by atoms with E-state index in [-0.39, 0.29) is 11.9 Å². The fourth-order valence-corrected chi connectivity index (χ4v) is 3.00. The smallest absolute Gasteiger partial charge is 0.136 e. The van der Waals surface area contributed by atoms with Gasteiger partial charge in [-0.25, -0.2) is 4.39 Å². The van der Waals surface area contributed by atoms with Gasteiger partial charge < -0.3 is 5.73 Å². The molecule has 1 nitrogen and oxygen atoms in total. The summed E-state index contributed by atoms with van der Waals surface area (Å²) in [6.07, 6.45) is 7.03. The van der Waals surface area contributed by atoms with Crippen LogP contribution in [0.3, 0.4) is 0 Å². The molecule has 1 unspecified atom stereocenters. The second-order valence-corrected chi connectivity index (χ2v) is 5.43. The summed E-state index contributed by atoms with van der Waals surface area (Å²) in [6.45, 7) is 0. The molecule has 0 aromatic heterocycles. The molecule has 2 rings (SSSR count). The average molecular weight is 251 g/mol. The molecule has 3 heteroatoms. The van der Waals surface area contributed by atoms with E-state index in [1.54, 1.807) is 6.07 Å². The van der Waals surface area contributed by atoms with Crippen molar-refractivity contribution in [2.45, 2.75) is 36.6 Å². The van der Waals surface area contributed by atoms with Crippen LogP contribution in [-0.2, 0) is 0 Å². The zero-order chi connectivity index (χ0) is 12.1. The van der Waals surface area contributed by atoms with Gasteiger partial charge >= 0.3 is 0 Å². The number of rotatable bonds is 4. The van der Waals surface area contributed by atoms with E-state index in [1.807, 2.05) is 12.1 Å². The van der Waals surface area contributed by atoms with Gasteiger partial charge in [-0.2, -0.15) is 0 Å². The summed E-state index contributed by atoms with van der Waals surface area (Å²) in [4.78, 5) is 0.694. The van der Waals surface area contributed by atoms with Gasteiger partial charge in [-0.3, -0.25) is 0 Å². The second-order valence-electron chi connectivity index (χ2n) is 4.37. The molecule has 0 amide bonds. The summed E-state index contributed by atoms with van der Waals surface area (Å²) in [5.41, 5.74) is 7.48. The molecule has 0 radical (unpaired) electrons. The van der Waals surface area contributed by atoms with Crippen molar-refractivity contribution in [3.63, 3.8) is 0 Å². The van der Waals surface area contributed by atoms with Crippen molar-refractivity contribution in [1.29, 1.82) is 0 Å². The lowest BCUT2D eigenvalue weighted by Gasteiger charge is -2.19. The van der Waals surface area contributed by atoms with Crippen LogP contribution >= 0.6 is 11.8 Å². The molecule has 1 atom stereocenters. The van der Waals surface area contributed by atoms with Gasteiger partial charge in [0.15, 0.2) is 0 Å². The maximum atomic E-state index is 13.4. The maximum Gasteiger partial charge on any atom is 0.136 e. The van der Waals surface area contributed by atoms with E-state index in [2.05, 4.69) is 6.08 Å². The van der Waals surface area contributed by atoms with Crippen LogP contribution in [0.4, 0.5) is 4.39 Å². The monoisotopic (exact) mass is 251 g/mol. The van der Waals surface area contributed by atoms with E-state index in [0.717, 1.165) is 18.6 Å². The molecule has 17 heavy (non-hydrogen) atoms. The van der Waals surface area contributed by atoms with Gasteiger partial charge in [-0.1, -0.05) is 23.8 Å². The summed E-state index contributed by atoms with van der Waals surface area (Å²) in [5, 5.41) is 0. The highest BCUT2D eigenvalue weighted by molar-refractivity contribution is 7.99. The highest BCUT2D eigenvalue weighted by Crippen LogP contribution is 2.26. The Balaban J connectivity index is 1.89. The lowest BCUT2D eigenvalue weighted by Crippen LogP contribution is -2.26. The Morgan fingerprint density at radius 1 is 1.29 bits per heavy atom. The third-order valence-corrected chi connectivity index (χ3v) is 4.23. The quantitative estimate of drug-likeness (QED) is 0.651. The van der Waals surface area contributed by atoms with Gasteiger partial charge in [0.1, 0.15) is 5.82 Å². The Labute approximate surface area is 106 Å². The first-order valence-electron chi connectivity index (χ1n) is 6.09. The van der Waals surface area contributed by atoms with Crippen molar-refractivity contribution in [3.8, 4) is 0 Å². The van der Waals surface area contributed by atoms with Crippen molar-refractivity contribution in [2.24, 2.45) is 5.73 Å². The van der Waals surface area contributed by atoms with E-state index in [9.17, 15) is 4.39 Å². The number of benzene rings is 1. The highest BCUT2D eigenvalue weighted by atomic mass is 32.2. The van der Waals surface area contributed by atoms with Crippen LogP contribution in [0.15, 0.2) is 40.8 Å². The molecule has 0 saturated carbocycles. The van der Waals surface area contributed by atoms with Crippen molar-refractivity contribution < 1.29 is 4.39 Å². The molecule has 2 N–H and O–H groups in total. The highest BCUT2D eigenvalue weighted by Gasteiger charge is 2.13. The summed E-state index contributed by atoms with van der Waals surface area (Å²) >= 11 is 1.51. The number of halogens is 1. The lowest BCUT2D eigenvalue weighted by molar-refractivity contribution is 0.601. The van der Waals surface area contributed by atoms with Crippen LogP contribution < -0.4 is 5.73 Å². The fraction of sp³-hybridized carbons (Fsp3) is 0.429. The average Bonchev–Trinajstić information content (AvgIpc) is 2.38. The molecule has 0 heterocycles. The normalized spacial score (nSPS) is 17.6. The van der Waals surface area contributed by atoms with Crippen LogP contribution in [0.25, 0.3) is 0 Å². The largest absolute Gasteiger partial charge is 0.324 e. The fourth-order valence-electron chi connectivity index (χ4n) is 2.05. The van der Waals surface area contributed by atoms with Crippen molar-refractivity contribution in [2.75, 3.05) is 5.75 Å². The zero-order valence-corrected chi connectivity index (χ0v) is 10.7. The number of allylic oxidation sites excluding steroid dienone is 1. The summed E-state index contributed by atoms with van der Waals surface area (Å²) in [5.74, 6) is 0.606. The number of hydrogen-bond acceptors (Lipinski definition) is 2. The molecule has 0 saturated heterocycles. The zero-order valence-electron chi connectivity index (χ0n) is 9.86. The number of nitrogens with two attached hydrogens (primary N) is 1. The van der Waals surface area contributed by atoms with Gasteiger partial charge in [0, 0.05) is 16.7 Å². The molecule has 0 bridgehead atoms. The summed E-state index contributed by atoms with van der Waals surface area (Å²) in [7, 11) is 0. The first kappa shape index (κ1) is 12.7. The predicted octanol–water partition coefficient (Wildman–Crippen LogP) is 3.75. The predicted molar refractivity (Wildman–Crippen MR) is 71.7 cm³/mol. The molecule has 1 aliphatic rings. The van der Waals surface area contributed by atoms with Crippen molar-refractivity contribution in [3.05, 3.63) is 41.7 Å². The molecular formula is C14H18FNS. The summed E-state index contributed by atoms with van der Waals surface area (Å²) in [6, 6.07) is 6.94. The minimum Gasteiger partial charge on any atom is -0.324 e. The van der Waals surface area contributed by atoms with E-state index >= 15 is 0 Å². The Bertz CT molecular complexity index is 403. The van der Waals surface area contributed by atoms with E-state index in [1.165, 1.54) is 36.2 Å². The molecule has 1 aliphatic carbocycles. The molecule has 1 aromatic rings. The van der Waals surface area contributed by atoms with E-state index < -0.39 is 0 Å². The van der Waals surface area contributed by atoms with Crippen LogP contribution in [0.5, 0.6) is 0 Å². The standard InChI is InChI=1S/C14H18FNS/c15-12-8-4-5-9-14(12)17-10-13(16)11-6-2-1-3-7-11/h4-6,8-9,13H,1-3,7,10,16H2. The second kappa shape index (κ2) is 6.22. The first-order valence-corrected chi connectivity index (χ1v) is 7.08. The lowest BCUT2D eigenvalue weighted by atomic mass is 9.95. The third-order valence-electron chi connectivity index (χ3n) is 3.06. The Morgan fingerprint density at radius 3 is 2.82 bits per heavy atom. The van der Waals surface area contributed by atoms with Crippen LogP contribution in [0.1, 0.15) is 25.7 Å². The Hall–Kier alpha value is -0.800. The number of hydrogen-bond donors (Lipinski definition) is 1. The van der Waals surface area contributed by atoms with Gasteiger partial charge in [0.2, 0.25) is 0 Å². The van der Waals surface area contributed by atoms with Gasteiger partial charge in [0.05, 0.1) is 0 Å². The van der Waals surface area contributed by atoms with Gasteiger partial charge in [-0.05, 0) is 37.8 Å². The maximum absolute atomic E-state index is 13.4. The Kier molecular flexibility index (Phi) is 4.63. The topological polar surface area (TPSA) is 26.0 Å². The van der Waals surface area contributed by atoms with Crippen LogP contribution in [0.2, 0.25) is 0 Å². The minimum absolute atomic E-state index is 0.0694. The third kappa shape index (κ3) is 3.58. The molecular weight excluding hydrogens is 233 g/mol. The van der Waals surface area contributed by atoms with Gasteiger partial charge in [-0.15, -0.1) is 11.8 Å². The SMILES string of the molecule is NC(CSc1ccccc1F)C1=CCCCC1. The molecule has 0 fully saturated rings. The summed E-state index contributed by atoms with van der Waals surface area (Å²) < 4.78 is 13.4. The van der Waals surface area contributed by atoms with Crippen LogP contribution in [-0.4, -0.2) is 11.8 Å². The number of thioether (sulfide) groups is 1. The molecule has 0 spiro atoms. The molecule has 1 aromatic carbocycles. The van der Waals surface area contributed by atoms with E-state index in [0.29, 0.717) is 4.90 Å².